The normalized spacial score (nSPS) is 20.1. The Bertz CT molecular complexity index is 517. The van der Waals surface area contributed by atoms with Gasteiger partial charge in [0.15, 0.2) is 0 Å². The van der Waals surface area contributed by atoms with Gasteiger partial charge >= 0.3 is 5.97 Å². The second kappa shape index (κ2) is 6.67. The lowest BCUT2D eigenvalue weighted by atomic mass is 10.0. The van der Waals surface area contributed by atoms with Crippen LogP contribution in [0.5, 0.6) is 0 Å². The number of nitrogens with one attached hydrogen (secondary N) is 1. The van der Waals surface area contributed by atoms with Crippen molar-refractivity contribution < 1.29 is 19.4 Å². The largest absolute Gasteiger partial charge is 0.478 e. The third-order valence-corrected chi connectivity index (χ3v) is 4.20. The summed E-state index contributed by atoms with van der Waals surface area (Å²) in [6.07, 6.45) is 3.52. The molecule has 1 fully saturated rings. The molecule has 0 saturated carbocycles. The first-order valence-electron chi connectivity index (χ1n) is 6.44. The van der Waals surface area contributed by atoms with E-state index in [1.165, 1.54) is 17.4 Å². The molecule has 6 heteroatoms. The number of rotatable bonds is 5. The summed E-state index contributed by atoms with van der Waals surface area (Å²) in [5, 5.41) is 13.3. The fraction of sp³-hybridized carbons (Fsp3) is 0.429. The Hall–Kier alpha value is -1.66. The highest BCUT2D eigenvalue weighted by Gasteiger charge is 2.24. The fourth-order valence-electron chi connectivity index (χ4n) is 2.07. The molecule has 1 aromatic rings. The molecule has 0 radical (unpaired) electrons. The lowest BCUT2D eigenvalue weighted by Crippen LogP contribution is -2.38. The predicted molar refractivity (Wildman–Crippen MR) is 76.8 cm³/mol. The molecule has 0 aromatic carbocycles. The number of hydrogen-bond donors (Lipinski definition) is 2. The first kappa shape index (κ1) is 14.7. The van der Waals surface area contributed by atoms with Gasteiger partial charge in [-0.25, -0.2) is 4.79 Å². The highest BCUT2D eigenvalue weighted by Crippen LogP contribution is 2.19. The number of carboxylic acid groups (broad SMARTS) is 1. The van der Waals surface area contributed by atoms with Crippen LogP contribution in [0.15, 0.2) is 17.5 Å². The van der Waals surface area contributed by atoms with Crippen molar-refractivity contribution in [2.45, 2.75) is 19.4 Å². The summed E-state index contributed by atoms with van der Waals surface area (Å²) in [6.45, 7) is 3.43. The molecule has 0 bridgehead atoms. The summed E-state index contributed by atoms with van der Waals surface area (Å²) in [5.41, 5.74) is 0.561. The molecule has 1 amide bonds. The summed E-state index contributed by atoms with van der Waals surface area (Å²) < 4.78 is 5.31. The van der Waals surface area contributed by atoms with E-state index in [-0.39, 0.29) is 11.9 Å². The lowest BCUT2D eigenvalue weighted by molar-refractivity contribution is -0.131. The van der Waals surface area contributed by atoms with Crippen LogP contribution < -0.4 is 5.32 Å². The summed E-state index contributed by atoms with van der Waals surface area (Å²) in [4.78, 5) is 23.3. The molecule has 5 nitrogen and oxygen atoms in total. The Labute approximate surface area is 121 Å². The molecule has 2 rings (SSSR count). The maximum atomic E-state index is 12.1. The van der Waals surface area contributed by atoms with E-state index in [0.29, 0.717) is 18.1 Å². The number of amides is 1. The minimum absolute atomic E-state index is 0.0721. The molecular formula is C14H17NO4S. The van der Waals surface area contributed by atoms with Crippen LogP contribution in [0.3, 0.4) is 0 Å². The minimum atomic E-state index is -1.00. The number of carbonyl (C=O) groups excluding carboxylic acids is 1. The lowest BCUT2D eigenvalue weighted by Gasteiger charge is -2.18. The number of carbonyl (C=O) groups is 2. The SMILES string of the molecule is CC(NC(=O)c1csc(/C=C/C(=O)O)c1)C1CCOC1. The molecule has 1 aliphatic rings. The van der Waals surface area contributed by atoms with Gasteiger partial charge in [0.2, 0.25) is 0 Å². The Morgan fingerprint density at radius 3 is 3.05 bits per heavy atom. The van der Waals surface area contributed by atoms with Crippen LogP contribution >= 0.6 is 11.3 Å². The van der Waals surface area contributed by atoms with Gasteiger partial charge < -0.3 is 15.2 Å². The second-order valence-corrected chi connectivity index (χ2v) is 5.74. The minimum Gasteiger partial charge on any atom is -0.478 e. The standard InChI is InChI=1S/C14H17NO4S/c1-9(10-4-5-19-7-10)15-14(18)11-6-12(20-8-11)2-3-13(16)17/h2-3,6,8-10H,4-5,7H2,1H3,(H,15,18)(H,16,17)/b3-2+. The van der Waals surface area contributed by atoms with Crippen molar-refractivity contribution in [2.75, 3.05) is 13.2 Å². The van der Waals surface area contributed by atoms with Crippen molar-refractivity contribution in [3.63, 3.8) is 0 Å². The zero-order chi connectivity index (χ0) is 14.5. The number of ether oxygens (including phenoxy) is 1. The van der Waals surface area contributed by atoms with E-state index in [0.717, 1.165) is 24.0 Å². The van der Waals surface area contributed by atoms with Crippen LogP contribution in [0.25, 0.3) is 6.08 Å². The Morgan fingerprint density at radius 2 is 2.40 bits per heavy atom. The van der Waals surface area contributed by atoms with Crippen molar-refractivity contribution in [3.05, 3.63) is 28.0 Å². The van der Waals surface area contributed by atoms with Crippen molar-refractivity contribution >= 4 is 29.3 Å². The molecule has 2 unspecified atom stereocenters. The third-order valence-electron chi connectivity index (χ3n) is 3.30. The van der Waals surface area contributed by atoms with Crippen LogP contribution in [0.4, 0.5) is 0 Å². The van der Waals surface area contributed by atoms with Crippen molar-refractivity contribution in [1.29, 1.82) is 0 Å². The monoisotopic (exact) mass is 295 g/mol. The predicted octanol–water partition coefficient (Wildman–Crippen LogP) is 2.00. The molecule has 1 aliphatic heterocycles. The van der Waals surface area contributed by atoms with E-state index in [1.807, 2.05) is 6.92 Å². The van der Waals surface area contributed by atoms with Crippen LogP contribution in [0, 0.1) is 5.92 Å². The smallest absolute Gasteiger partial charge is 0.328 e. The third kappa shape index (κ3) is 3.91. The van der Waals surface area contributed by atoms with Gasteiger partial charge in [0.1, 0.15) is 0 Å². The molecule has 2 heterocycles. The number of carboxylic acids is 1. The average molecular weight is 295 g/mol. The first-order chi connectivity index (χ1) is 9.56. The van der Waals surface area contributed by atoms with Gasteiger partial charge in [-0.2, -0.15) is 0 Å². The molecule has 2 N–H and O–H groups in total. The summed E-state index contributed by atoms with van der Waals surface area (Å²) >= 11 is 1.34. The van der Waals surface area contributed by atoms with Crippen LogP contribution in [0.2, 0.25) is 0 Å². The zero-order valence-corrected chi connectivity index (χ0v) is 12.0. The van der Waals surface area contributed by atoms with Gasteiger partial charge in [-0.1, -0.05) is 0 Å². The molecule has 1 saturated heterocycles. The van der Waals surface area contributed by atoms with Gasteiger partial charge in [0.25, 0.3) is 5.91 Å². The van der Waals surface area contributed by atoms with Crippen molar-refractivity contribution in [1.82, 2.24) is 5.32 Å². The van der Waals surface area contributed by atoms with Crippen molar-refractivity contribution in [2.24, 2.45) is 5.92 Å². The van der Waals surface area contributed by atoms with E-state index >= 15 is 0 Å². The quantitative estimate of drug-likeness (QED) is 0.815. The number of aliphatic carboxylic acids is 1. The molecule has 108 valence electrons. The topological polar surface area (TPSA) is 75.6 Å². The van der Waals surface area contributed by atoms with Gasteiger partial charge in [0, 0.05) is 34.9 Å². The maximum absolute atomic E-state index is 12.1. The van der Waals surface area contributed by atoms with Gasteiger partial charge in [0.05, 0.1) is 12.2 Å². The van der Waals surface area contributed by atoms with Crippen LogP contribution in [-0.4, -0.2) is 36.2 Å². The Morgan fingerprint density at radius 1 is 1.60 bits per heavy atom. The van der Waals surface area contributed by atoms with E-state index in [9.17, 15) is 9.59 Å². The summed E-state index contributed by atoms with van der Waals surface area (Å²) in [5.74, 6) is -0.765. The zero-order valence-electron chi connectivity index (χ0n) is 11.2. The Kier molecular flexibility index (Phi) is 4.92. The second-order valence-electron chi connectivity index (χ2n) is 4.80. The molecule has 0 spiro atoms. The molecule has 1 aromatic heterocycles. The molecule has 0 aliphatic carbocycles. The van der Waals surface area contributed by atoms with Crippen molar-refractivity contribution in [3.8, 4) is 0 Å². The van der Waals surface area contributed by atoms with E-state index in [4.69, 9.17) is 9.84 Å². The molecular weight excluding hydrogens is 278 g/mol. The first-order valence-corrected chi connectivity index (χ1v) is 7.32. The number of thiophene rings is 1. The van der Waals surface area contributed by atoms with Gasteiger partial charge in [-0.3, -0.25) is 4.79 Å². The molecule has 20 heavy (non-hydrogen) atoms. The average Bonchev–Trinajstić information content (AvgIpc) is 3.07. The maximum Gasteiger partial charge on any atom is 0.328 e. The van der Waals surface area contributed by atoms with Gasteiger partial charge in [-0.15, -0.1) is 11.3 Å². The van der Waals surface area contributed by atoms with E-state index < -0.39 is 5.97 Å². The highest BCUT2D eigenvalue weighted by atomic mass is 32.1. The Balaban J connectivity index is 1.93. The van der Waals surface area contributed by atoms with Crippen LogP contribution in [-0.2, 0) is 9.53 Å². The van der Waals surface area contributed by atoms with E-state index in [2.05, 4.69) is 5.32 Å². The highest BCUT2D eigenvalue weighted by molar-refractivity contribution is 7.11. The summed E-state index contributed by atoms with van der Waals surface area (Å²) in [6, 6.07) is 1.76. The van der Waals surface area contributed by atoms with Gasteiger partial charge in [-0.05, 0) is 25.5 Å². The summed E-state index contributed by atoms with van der Waals surface area (Å²) in [7, 11) is 0. The van der Waals surface area contributed by atoms with E-state index in [1.54, 1.807) is 11.4 Å². The fourth-order valence-corrected chi connectivity index (χ4v) is 2.85. The number of hydrogen-bond acceptors (Lipinski definition) is 4. The molecule has 2 atom stereocenters. The van der Waals surface area contributed by atoms with Crippen LogP contribution in [0.1, 0.15) is 28.6 Å².